The molecule has 1 amide bonds. The maximum atomic E-state index is 12.8. The Morgan fingerprint density at radius 2 is 1.80 bits per heavy atom. The average molecular weight is 400 g/mol. The minimum absolute atomic E-state index is 0.0490. The Morgan fingerprint density at radius 1 is 1.03 bits per heavy atom. The topological polar surface area (TPSA) is 79.9 Å². The van der Waals surface area contributed by atoms with Gasteiger partial charge in [0.25, 0.3) is 5.91 Å². The zero-order chi connectivity index (χ0) is 21.3. The number of fused-ring (bicyclic) bond motifs is 1. The highest BCUT2D eigenvalue weighted by Gasteiger charge is 2.16. The molecule has 2 aromatic heterocycles. The lowest BCUT2D eigenvalue weighted by Gasteiger charge is -2.18. The first-order chi connectivity index (χ1) is 14.3. The van der Waals surface area contributed by atoms with E-state index in [9.17, 15) is 4.79 Å². The van der Waals surface area contributed by atoms with Gasteiger partial charge in [0, 0.05) is 29.0 Å². The predicted molar refractivity (Wildman–Crippen MR) is 118 cm³/mol. The summed E-state index contributed by atoms with van der Waals surface area (Å²) in [6.07, 6.45) is 3.24. The molecule has 0 aliphatic rings. The number of hydrogen-bond acceptors (Lipinski definition) is 4. The van der Waals surface area contributed by atoms with Gasteiger partial charge < -0.3 is 15.0 Å². The van der Waals surface area contributed by atoms with E-state index in [1.54, 1.807) is 24.5 Å². The molecule has 0 bridgehead atoms. The second kappa shape index (κ2) is 7.63. The molecule has 152 valence electrons. The molecule has 0 spiro atoms. The third-order valence-electron chi connectivity index (χ3n) is 4.93. The maximum absolute atomic E-state index is 12.8. The Bertz CT molecular complexity index is 1210. The van der Waals surface area contributed by atoms with E-state index in [0.29, 0.717) is 11.4 Å². The molecule has 0 aliphatic carbocycles. The van der Waals surface area contributed by atoms with Crippen LogP contribution in [0, 0.1) is 6.92 Å². The molecule has 2 N–H and O–H groups in total. The number of rotatable bonds is 4. The lowest BCUT2D eigenvalue weighted by Crippen LogP contribution is -2.13. The Balaban J connectivity index is 1.52. The molecule has 0 aliphatic heterocycles. The lowest BCUT2D eigenvalue weighted by atomic mass is 9.87. The Morgan fingerprint density at radius 3 is 2.50 bits per heavy atom. The second-order valence-electron chi connectivity index (χ2n) is 8.30. The molecular weight excluding hydrogens is 376 g/mol. The number of hydrogen-bond donors (Lipinski definition) is 2. The van der Waals surface area contributed by atoms with Gasteiger partial charge in [0.1, 0.15) is 11.4 Å². The van der Waals surface area contributed by atoms with Crippen LogP contribution in [0.15, 0.2) is 60.9 Å². The van der Waals surface area contributed by atoms with Crippen LogP contribution < -0.4 is 10.1 Å². The number of aromatic nitrogens is 3. The van der Waals surface area contributed by atoms with E-state index in [-0.39, 0.29) is 17.3 Å². The number of anilines is 1. The Hall–Kier alpha value is -3.67. The van der Waals surface area contributed by atoms with Gasteiger partial charge in [-0.2, -0.15) is 0 Å². The van der Waals surface area contributed by atoms with Crippen molar-refractivity contribution in [2.45, 2.75) is 33.1 Å². The predicted octanol–water partition coefficient (Wildman–Crippen LogP) is 5.61. The third kappa shape index (κ3) is 4.17. The normalized spacial score (nSPS) is 11.5. The molecule has 30 heavy (non-hydrogen) atoms. The van der Waals surface area contributed by atoms with Crippen LogP contribution in [0.5, 0.6) is 11.8 Å². The summed E-state index contributed by atoms with van der Waals surface area (Å²) < 4.78 is 5.64. The van der Waals surface area contributed by atoms with Gasteiger partial charge in [-0.15, -0.1) is 0 Å². The van der Waals surface area contributed by atoms with Gasteiger partial charge in [-0.1, -0.05) is 32.9 Å². The molecule has 0 unspecified atom stereocenters. The van der Waals surface area contributed by atoms with Gasteiger partial charge >= 0.3 is 6.01 Å². The highest BCUT2D eigenvalue weighted by Crippen LogP contribution is 2.27. The third-order valence-corrected chi connectivity index (χ3v) is 4.93. The number of carbonyl (C=O) groups excluding carboxylic acids is 1. The van der Waals surface area contributed by atoms with Crippen LogP contribution in [-0.2, 0) is 5.41 Å². The molecule has 4 aromatic rings. The molecule has 0 atom stereocenters. The van der Waals surface area contributed by atoms with E-state index < -0.39 is 0 Å². The van der Waals surface area contributed by atoms with Gasteiger partial charge in [-0.05, 0) is 59.9 Å². The maximum Gasteiger partial charge on any atom is 0.321 e. The molecule has 4 rings (SSSR count). The van der Waals surface area contributed by atoms with Crippen molar-refractivity contribution in [3.8, 4) is 11.8 Å². The fourth-order valence-electron chi connectivity index (χ4n) is 3.19. The van der Waals surface area contributed by atoms with Crippen LogP contribution in [0.3, 0.4) is 0 Å². The number of ether oxygens (including phenoxy) is 1. The van der Waals surface area contributed by atoms with E-state index in [0.717, 1.165) is 22.2 Å². The fraction of sp³-hybridized carbons (Fsp3) is 0.208. The number of benzene rings is 2. The molecule has 0 fully saturated rings. The standard InChI is InChI=1S/C24H24N4O2/c1-15-12-18(30-23-25-10-5-11-26-23)8-9-19(15)28-22(29)21-13-16-6-7-17(24(2,3)4)14-20(16)27-21/h5-14,27H,1-4H3,(H,28,29). The van der Waals surface area contributed by atoms with Crippen molar-refractivity contribution in [2.24, 2.45) is 0 Å². The molecule has 0 saturated carbocycles. The molecular formula is C24H24N4O2. The molecule has 0 saturated heterocycles. The summed E-state index contributed by atoms with van der Waals surface area (Å²) in [6.45, 7) is 8.43. The van der Waals surface area contributed by atoms with Crippen molar-refractivity contribution in [1.29, 1.82) is 0 Å². The quantitative estimate of drug-likeness (QED) is 0.467. The Labute approximate surface area is 175 Å². The number of aromatic amines is 1. The molecule has 6 nitrogen and oxygen atoms in total. The first kappa shape index (κ1) is 19.6. The fourth-order valence-corrected chi connectivity index (χ4v) is 3.19. The van der Waals surface area contributed by atoms with Gasteiger partial charge in [0.05, 0.1) is 0 Å². The van der Waals surface area contributed by atoms with Gasteiger partial charge in [0.15, 0.2) is 0 Å². The van der Waals surface area contributed by atoms with E-state index in [2.05, 4.69) is 53.2 Å². The molecule has 6 heteroatoms. The monoisotopic (exact) mass is 400 g/mol. The van der Waals surface area contributed by atoms with Crippen molar-refractivity contribution in [3.63, 3.8) is 0 Å². The number of nitrogens with one attached hydrogen (secondary N) is 2. The number of aryl methyl sites for hydroxylation is 1. The second-order valence-corrected chi connectivity index (χ2v) is 8.30. The minimum Gasteiger partial charge on any atom is -0.424 e. The SMILES string of the molecule is Cc1cc(Oc2ncccn2)ccc1NC(=O)c1cc2ccc(C(C)(C)C)cc2[nH]1. The van der Waals surface area contributed by atoms with Crippen LogP contribution in [0.4, 0.5) is 5.69 Å². The van der Waals surface area contributed by atoms with Crippen molar-refractivity contribution in [1.82, 2.24) is 15.0 Å². The van der Waals surface area contributed by atoms with E-state index in [1.165, 1.54) is 5.56 Å². The molecule has 0 radical (unpaired) electrons. The highest BCUT2D eigenvalue weighted by atomic mass is 16.5. The summed E-state index contributed by atoms with van der Waals surface area (Å²) >= 11 is 0. The van der Waals surface area contributed by atoms with Crippen molar-refractivity contribution >= 4 is 22.5 Å². The summed E-state index contributed by atoms with van der Waals surface area (Å²) in [4.78, 5) is 24.1. The Kier molecular flexibility index (Phi) is 4.99. The van der Waals surface area contributed by atoms with Crippen LogP contribution in [0.2, 0.25) is 0 Å². The van der Waals surface area contributed by atoms with Crippen molar-refractivity contribution in [2.75, 3.05) is 5.32 Å². The number of H-pyrrole nitrogens is 1. The number of amides is 1. The number of carbonyl (C=O) groups is 1. The molecule has 2 heterocycles. The summed E-state index contributed by atoms with van der Waals surface area (Å²) in [5.41, 5.74) is 4.34. The largest absolute Gasteiger partial charge is 0.424 e. The van der Waals surface area contributed by atoms with E-state index in [1.807, 2.05) is 31.2 Å². The minimum atomic E-state index is -0.188. The summed E-state index contributed by atoms with van der Waals surface area (Å²) in [5.74, 6) is 0.420. The average Bonchev–Trinajstić information content (AvgIpc) is 3.14. The van der Waals surface area contributed by atoms with Crippen LogP contribution >= 0.6 is 0 Å². The van der Waals surface area contributed by atoms with Crippen molar-refractivity contribution in [3.05, 3.63) is 77.7 Å². The molecule has 2 aromatic carbocycles. The first-order valence-corrected chi connectivity index (χ1v) is 9.80. The van der Waals surface area contributed by atoms with Gasteiger partial charge in [-0.3, -0.25) is 4.79 Å². The number of nitrogens with zero attached hydrogens (tertiary/aromatic N) is 2. The highest BCUT2D eigenvalue weighted by molar-refractivity contribution is 6.06. The summed E-state index contributed by atoms with van der Waals surface area (Å²) in [7, 11) is 0. The van der Waals surface area contributed by atoms with Crippen molar-refractivity contribution < 1.29 is 9.53 Å². The van der Waals surface area contributed by atoms with E-state index in [4.69, 9.17) is 4.74 Å². The van der Waals surface area contributed by atoms with Crippen LogP contribution in [-0.4, -0.2) is 20.9 Å². The van der Waals surface area contributed by atoms with Gasteiger partial charge in [-0.25, -0.2) is 9.97 Å². The first-order valence-electron chi connectivity index (χ1n) is 9.80. The van der Waals surface area contributed by atoms with Gasteiger partial charge in [0.2, 0.25) is 0 Å². The van der Waals surface area contributed by atoms with Crippen LogP contribution in [0.25, 0.3) is 10.9 Å². The lowest BCUT2D eigenvalue weighted by molar-refractivity contribution is 0.102. The van der Waals surface area contributed by atoms with E-state index >= 15 is 0 Å². The zero-order valence-electron chi connectivity index (χ0n) is 17.5. The zero-order valence-corrected chi connectivity index (χ0v) is 17.5. The summed E-state index contributed by atoms with van der Waals surface area (Å²) in [6, 6.07) is 15.6. The smallest absolute Gasteiger partial charge is 0.321 e. The van der Waals surface area contributed by atoms with Crippen LogP contribution in [0.1, 0.15) is 42.4 Å². The summed E-state index contributed by atoms with van der Waals surface area (Å²) in [5, 5.41) is 3.98.